The molecule has 0 bridgehead atoms. The van der Waals surface area contributed by atoms with Gasteiger partial charge >= 0.3 is 21.4 Å². The summed E-state index contributed by atoms with van der Waals surface area (Å²) in [6.07, 6.45) is 0. The highest BCUT2D eigenvalue weighted by Gasteiger charge is 2.43. The van der Waals surface area contributed by atoms with Crippen LogP contribution in [0.4, 0.5) is 0 Å². The summed E-state index contributed by atoms with van der Waals surface area (Å²) in [6, 6.07) is 29.8. The molecule has 0 aliphatic carbocycles. The Balaban J connectivity index is 1.66. The molecule has 1 saturated heterocycles. The van der Waals surface area contributed by atoms with Crippen LogP contribution in [0.2, 0.25) is 0 Å². The third-order valence-corrected chi connectivity index (χ3v) is 3.96. The molecule has 0 unspecified atom stereocenters. The first-order chi connectivity index (χ1) is 11.9. The van der Waals surface area contributed by atoms with E-state index in [1.54, 1.807) is 0 Å². The quantitative estimate of drug-likeness (QED) is 0.681. The molecule has 114 valence electrons. The third-order valence-electron chi connectivity index (χ3n) is 3.96. The van der Waals surface area contributed by atoms with Crippen molar-refractivity contribution in [1.82, 2.24) is 0 Å². The molecule has 0 atom stereocenters. The second-order valence-corrected chi connectivity index (χ2v) is 5.64. The van der Waals surface area contributed by atoms with Gasteiger partial charge in [0.15, 0.2) is 0 Å². The molecule has 1 aliphatic rings. The van der Waals surface area contributed by atoms with E-state index in [9.17, 15) is 0 Å². The van der Waals surface area contributed by atoms with Gasteiger partial charge in [0.2, 0.25) is 0 Å². The molecular formula is C18H15B3O3. The molecule has 0 radical (unpaired) electrons. The van der Waals surface area contributed by atoms with Crippen molar-refractivity contribution in [2.24, 2.45) is 0 Å². The lowest BCUT2D eigenvalue weighted by molar-refractivity contribution is 0.308. The summed E-state index contributed by atoms with van der Waals surface area (Å²) in [5, 5.41) is 0. The zero-order chi connectivity index (χ0) is 16.2. The summed E-state index contributed by atoms with van der Waals surface area (Å²) in [7, 11) is -1.43. The second kappa shape index (κ2) is 7.10. The molecular weight excluding hydrogens is 297 g/mol. The van der Waals surface area contributed by atoms with Gasteiger partial charge in [-0.2, -0.15) is 0 Å². The molecule has 3 aromatic rings. The molecule has 1 fully saturated rings. The molecule has 4 rings (SSSR count). The van der Waals surface area contributed by atoms with Gasteiger partial charge in [-0.3, -0.25) is 0 Å². The fraction of sp³-hybridized carbons (Fsp3) is 0. The standard InChI is InChI=1S/C18H15B3O3/c1-4-10-16(11-5-1)19-22-20(17-12-6-2-7-13-17)24-21(23-19)18-14-8-3-9-15-18/h1-15H. The van der Waals surface area contributed by atoms with Crippen LogP contribution in [0.1, 0.15) is 0 Å². The van der Waals surface area contributed by atoms with Crippen LogP contribution in [0.25, 0.3) is 0 Å². The van der Waals surface area contributed by atoms with Gasteiger partial charge in [0.1, 0.15) is 0 Å². The molecule has 1 aliphatic heterocycles. The predicted octanol–water partition coefficient (Wildman–Crippen LogP) is 1.24. The van der Waals surface area contributed by atoms with Crippen LogP contribution in [-0.4, -0.2) is 21.4 Å². The monoisotopic (exact) mass is 312 g/mol. The molecule has 0 amide bonds. The first kappa shape index (κ1) is 15.3. The average Bonchev–Trinajstić information content (AvgIpc) is 2.70. The first-order valence-electron chi connectivity index (χ1n) is 8.01. The maximum atomic E-state index is 6.07. The highest BCUT2D eigenvalue weighted by atomic mass is 16.7. The van der Waals surface area contributed by atoms with Crippen LogP contribution in [-0.2, 0) is 13.7 Å². The largest absolute Gasteiger partial charge is 0.467 e. The van der Waals surface area contributed by atoms with Gasteiger partial charge in [0.25, 0.3) is 0 Å². The molecule has 0 aromatic heterocycles. The van der Waals surface area contributed by atoms with Crippen LogP contribution in [0, 0.1) is 0 Å². The highest BCUT2D eigenvalue weighted by molar-refractivity contribution is 6.87. The van der Waals surface area contributed by atoms with Crippen molar-refractivity contribution in [3.8, 4) is 0 Å². The average molecular weight is 312 g/mol. The molecule has 0 spiro atoms. The third kappa shape index (κ3) is 3.31. The Hall–Kier alpha value is -2.27. The van der Waals surface area contributed by atoms with Gasteiger partial charge < -0.3 is 13.7 Å². The molecule has 0 saturated carbocycles. The topological polar surface area (TPSA) is 27.7 Å². The van der Waals surface area contributed by atoms with E-state index < -0.39 is 21.4 Å². The van der Waals surface area contributed by atoms with Crippen molar-refractivity contribution in [2.45, 2.75) is 0 Å². The van der Waals surface area contributed by atoms with Gasteiger partial charge in [-0.25, -0.2) is 0 Å². The summed E-state index contributed by atoms with van der Waals surface area (Å²) in [6.45, 7) is 0. The van der Waals surface area contributed by atoms with Crippen LogP contribution in [0.5, 0.6) is 0 Å². The van der Waals surface area contributed by atoms with E-state index in [0.29, 0.717) is 0 Å². The molecule has 0 N–H and O–H groups in total. The molecule has 6 heteroatoms. The Labute approximate surface area is 143 Å². The summed E-state index contributed by atoms with van der Waals surface area (Å²) >= 11 is 0. The van der Waals surface area contributed by atoms with Crippen LogP contribution in [0.15, 0.2) is 91.0 Å². The van der Waals surface area contributed by atoms with Crippen LogP contribution >= 0.6 is 0 Å². The van der Waals surface area contributed by atoms with E-state index in [2.05, 4.69) is 0 Å². The van der Waals surface area contributed by atoms with E-state index in [4.69, 9.17) is 13.7 Å². The van der Waals surface area contributed by atoms with Gasteiger partial charge in [-0.15, -0.1) is 0 Å². The number of hydrogen-bond acceptors (Lipinski definition) is 3. The zero-order valence-electron chi connectivity index (χ0n) is 13.1. The van der Waals surface area contributed by atoms with E-state index in [-0.39, 0.29) is 0 Å². The Morgan fingerprint density at radius 3 is 0.875 bits per heavy atom. The lowest BCUT2D eigenvalue weighted by atomic mass is 9.61. The Kier molecular flexibility index (Phi) is 4.52. The summed E-state index contributed by atoms with van der Waals surface area (Å²) < 4.78 is 18.2. The molecule has 3 nitrogen and oxygen atoms in total. The fourth-order valence-electron chi connectivity index (χ4n) is 2.73. The van der Waals surface area contributed by atoms with Gasteiger partial charge in [-0.05, 0) is 16.4 Å². The summed E-state index contributed by atoms with van der Waals surface area (Å²) in [4.78, 5) is 0. The Morgan fingerprint density at radius 2 is 0.625 bits per heavy atom. The van der Waals surface area contributed by atoms with E-state index in [1.807, 2.05) is 91.0 Å². The normalized spacial score (nSPS) is 14.8. The highest BCUT2D eigenvalue weighted by Crippen LogP contribution is 2.10. The Bertz CT molecular complexity index is 657. The number of rotatable bonds is 3. The minimum Gasteiger partial charge on any atom is -0.445 e. The second-order valence-electron chi connectivity index (χ2n) is 5.64. The minimum atomic E-state index is -0.477. The van der Waals surface area contributed by atoms with Crippen molar-refractivity contribution >= 4 is 37.7 Å². The Morgan fingerprint density at radius 1 is 0.375 bits per heavy atom. The van der Waals surface area contributed by atoms with E-state index in [1.165, 1.54) is 0 Å². The molecule has 1 heterocycles. The molecule has 3 aromatic carbocycles. The van der Waals surface area contributed by atoms with Crippen molar-refractivity contribution in [3.05, 3.63) is 91.0 Å². The van der Waals surface area contributed by atoms with E-state index in [0.717, 1.165) is 16.4 Å². The lowest BCUT2D eigenvalue weighted by Crippen LogP contribution is -2.61. The fourth-order valence-corrected chi connectivity index (χ4v) is 2.73. The predicted molar refractivity (Wildman–Crippen MR) is 98.7 cm³/mol. The van der Waals surface area contributed by atoms with Crippen LogP contribution in [0.3, 0.4) is 0 Å². The number of benzene rings is 3. The maximum Gasteiger partial charge on any atom is 0.467 e. The zero-order valence-corrected chi connectivity index (χ0v) is 13.1. The van der Waals surface area contributed by atoms with Crippen molar-refractivity contribution < 1.29 is 13.7 Å². The lowest BCUT2D eigenvalue weighted by Gasteiger charge is -2.31. The summed E-state index contributed by atoms with van der Waals surface area (Å²) in [5.74, 6) is 0. The van der Waals surface area contributed by atoms with Gasteiger partial charge in [0, 0.05) is 0 Å². The van der Waals surface area contributed by atoms with Gasteiger partial charge in [0.05, 0.1) is 0 Å². The van der Waals surface area contributed by atoms with Crippen molar-refractivity contribution in [1.29, 1.82) is 0 Å². The minimum absolute atomic E-state index is 0.477. The van der Waals surface area contributed by atoms with Crippen molar-refractivity contribution in [2.75, 3.05) is 0 Å². The van der Waals surface area contributed by atoms with E-state index >= 15 is 0 Å². The number of hydrogen-bond donors (Lipinski definition) is 0. The first-order valence-corrected chi connectivity index (χ1v) is 8.01. The van der Waals surface area contributed by atoms with Crippen molar-refractivity contribution in [3.63, 3.8) is 0 Å². The van der Waals surface area contributed by atoms with Gasteiger partial charge in [-0.1, -0.05) is 91.0 Å². The molecule has 24 heavy (non-hydrogen) atoms. The summed E-state index contributed by atoms with van der Waals surface area (Å²) in [5.41, 5.74) is 2.92. The maximum absolute atomic E-state index is 6.07. The van der Waals surface area contributed by atoms with Crippen LogP contribution < -0.4 is 16.4 Å². The smallest absolute Gasteiger partial charge is 0.445 e. The SMILES string of the molecule is c1ccc(B2OB(c3ccccc3)OB(c3ccccc3)O2)cc1.